The summed E-state index contributed by atoms with van der Waals surface area (Å²) in [5.74, 6) is -1.17. The smallest absolute Gasteiger partial charge is 0.335 e. The number of aromatic carboxylic acids is 1. The molecule has 28 heavy (non-hydrogen) atoms. The molecule has 1 amide bonds. The van der Waals surface area contributed by atoms with Crippen LogP contribution in [-0.4, -0.2) is 40.6 Å². The summed E-state index contributed by atoms with van der Waals surface area (Å²) >= 11 is 0. The van der Waals surface area contributed by atoms with E-state index in [9.17, 15) is 19.1 Å². The number of benzene rings is 2. The molecular weight excluding hydrogens is 365 g/mol. The molecule has 0 spiro atoms. The van der Waals surface area contributed by atoms with Gasteiger partial charge in [0.1, 0.15) is 28.7 Å². The summed E-state index contributed by atoms with van der Waals surface area (Å²) in [4.78, 5) is 25.8. The van der Waals surface area contributed by atoms with Crippen LogP contribution in [0.5, 0.6) is 17.2 Å². The highest BCUT2D eigenvalue weighted by molar-refractivity contribution is 5.97. The van der Waals surface area contributed by atoms with E-state index in [1.54, 1.807) is 4.90 Å². The first kappa shape index (κ1) is 18.3. The molecule has 7 heteroatoms. The summed E-state index contributed by atoms with van der Waals surface area (Å²) in [5.41, 5.74) is 0.421. The molecule has 0 atom stereocenters. The molecule has 1 N–H and O–H groups in total. The van der Waals surface area contributed by atoms with Crippen molar-refractivity contribution in [2.24, 2.45) is 0 Å². The second-order valence-corrected chi connectivity index (χ2v) is 7.68. The Hall–Kier alpha value is -3.09. The summed E-state index contributed by atoms with van der Waals surface area (Å²) in [6.07, 6.45) is 1.44. The molecule has 0 aliphatic carbocycles. The van der Waals surface area contributed by atoms with Gasteiger partial charge < -0.3 is 19.5 Å². The van der Waals surface area contributed by atoms with Crippen LogP contribution in [-0.2, 0) is 6.42 Å². The quantitative estimate of drug-likeness (QED) is 0.865. The SMILES string of the molecule is CC1(C)Cc2c(Oc3cc(F)ccc3C(=O)N3CCC3)cc(C(=O)O)cc2O1. The highest BCUT2D eigenvalue weighted by Crippen LogP contribution is 2.43. The monoisotopic (exact) mass is 385 g/mol. The van der Waals surface area contributed by atoms with Crippen molar-refractivity contribution >= 4 is 11.9 Å². The Balaban J connectivity index is 1.77. The number of carboxylic acids is 1. The van der Waals surface area contributed by atoms with Gasteiger partial charge in [-0.05, 0) is 44.5 Å². The minimum atomic E-state index is -1.13. The minimum Gasteiger partial charge on any atom is -0.487 e. The number of nitrogens with zero attached hydrogens (tertiary/aromatic N) is 1. The van der Waals surface area contributed by atoms with E-state index >= 15 is 0 Å². The lowest BCUT2D eigenvalue weighted by Gasteiger charge is -2.31. The van der Waals surface area contributed by atoms with Crippen molar-refractivity contribution in [1.82, 2.24) is 4.90 Å². The molecule has 2 aromatic rings. The fourth-order valence-electron chi connectivity index (χ4n) is 3.42. The van der Waals surface area contributed by atoms with Crippen molar-refractivity contribution in [3.63, 3.8) is 0 Å². The van der Waals surface area contributed by atoms with Gasteiger partial charge in [0.05, 0.1) is 11.1 Å². The Morgan fingerprint density at radius 1 is 1.18 bits per heavy atom. The molecule has 2 aliphatic rings. The summed E-state index contributed by atoms with van der Waals surface area (Å²) < 4.78 is 25.7. The van der Waals surface area contributed by atoms with Crippen LogP contribution in [0.1, 0.15) is 46.5 Å². The molecule has 0 bridgehead atoms. The Kier molecular flexibility index (Phi) is 4.25. The summed E-state index contributed by atoms with van der Waals surface area (Å²) in [7, 11) is 0. The van der Waals surface area contributed by atoms with Gasteiger partial charge in [0, 0.05) is 31.1 Å². The van der Waals surface area contributed by atoms with Gasteiger partial charge in [-0.2, -0.15) is 0 Å². The van der Waals surface area contributed by atoms with Gasteiger partial charge in [-0.25, -0.2) is 9.18 Å². The number of ether oxygens (including phenoxy) is 2. The zero-order valence-corrected chi connectivity index (χ0v) is 15.6. The van der Waals surface area contributed by atoms with Crippen LogP contribution < -0.4 is 9.47 Å². The summed E-state index contributed by atoms with van der Waals surface area (Å²) in [6.45, 7) is 5.08. The van der Waals surface area contributed by atoms with E-state index in [1.807, 2.05) is 13.8 Å². The maximum atomic E-state index is 13.9. The number of halogens is 1. The number of carbonyl (C=O) groups is 2. The van der Waals surface area contributed by atoms with E-state index in [4.69, 9.17) is 9.47 Å². The maximum absolute atomic E-state index is 13.9. The topological polar surface area (TPSA) is 76.1 Å². The van der Waals surface area contributed by atoms with Crippen molar-refractivity contribution < 1.29 is 28.6 Å². The molecule has 2 aromatic carbocycles. The largest absolute Gasteiger partial charge is 0.487 e. The first-order valence-corrected chi connectivity index (χ1v) is 9.09. The van der Waals surface area contributed by atoms with Crippen molar-refractivity contribution in [2.45, 2.75) is 32.3 Å². The molecular formula is C21H20FNO5. The zero-order valence-electron chi connectivity index (χ0n) is 15.6. The number of hydrogen-bond donors (Lipinski definition) is 1. The summed E-state index contributed by atoms with van der Waals surface area (Å²) in [6, 6.07) is 6.59. The van der Waals surface area contributed by atoms with E-state index < -0.39 is 17.4 Å². The third-order valence-electron chi connectivity index (χ3n) is 4.94. The van der Waals surface area contributed by atoms with Gasteiger partial charge in [0.25, 0.3) is 5.91 Å². The first-order chi connectivity index (χ1) is 13.2. The molecule has 0 radical (unpaired) electrons. The second-order valence-electron chi connectivity index (χ2n) is 7.68. The standard InChI is InChI=1S/C21H20FNO5/c1-21(2)11-15-16(8-12(20(25)26)9-18(15)28-21)27-17-10-13(22)4-5-14(17)19(24)23-6-3-7-23/h4-5,8-10H,3,6-7,11H2,1-2H3,(H,25,26). The molecule has 0 unspecified atom stereocenters. The normalized spacial score (nSPS) is 16.8. The third-order valence-corrected chi connectivity index (χ3v) is 4.94. The van der Waals surface area contributed by atoms with E-state index in [0.29, 0.717) is 30.8 Å². The fraction of sp³-hybridized carbons (Fsp3) is 0.333. The van der Waals surface area contributed by atoms with Crippen LogP contribution in [0.2, 0.25) is 0 Å². The maximum Gasteiger partial charge on any atom is 0.335 e. The predicted octanol–water partition coefficient (Wildman–Crippen LogP) is 3.88. The number of amides is 1. The average molecular weight is 385 g/mol. The molecule has 1 saturated heterocycles. The lowest BCUT2D eigenvalue weighted by atomic mass is 9.99. The van der Waals surface area contributed by atoms with Crippen LogP contribution in [0, 0.1) is 5.82 Å². The molecule has 6 nitrogen and oxygen atoms in total. The number of fused-ring (bicyclic) bond motifs is 1. The average Bonchev–Trinajstić information content (AvgIpc) is 2.87. The van der Waals surface area contributed by atoms with Crippen LogP contribution in [0.25, 0.3) is 0 Å². The molecule has 146 valence electrons. The number of carboxylic acid groups (broad SMARTS) is 1. The number of carbonyl (C=O) groups excluding carboxylic acids is 1. The Bertz CT molecular complexity index is 981. The first-order valence-electron chi connectivity index (χ1n) is 9.09. The summed E-state index contributed by atoms with van der Waals surface area (Å²) in [5, 5.41) is 9.40. The highest BCUT2D eigenvalue weighted by atomic mass is 19.1. The Morgan fingerprint density at radius 2 is 1.93 bits per heavy atom. The third kappa shape index (κ3) is 3.28. The van der Waals surface area contributed by atoms with E-state index in [0.717, 1.165) is 12.5 Å². The van der Waals surface area contributed by atoms with Crippen LogP contribution in [0.15, 0.2) is 30.3 Å². The van der Waals surface area contributed by atoms with Gasteiger partial charge in [0.15, 0.2) is 0 Å². The lowest BCUT2D eigenvalue weighted by molar-refractivity contribution is 0.0647. The highest BCUT2D eigenvalue weighted by Gasteiger charge is 2.34. The number of likely N-dealkylation sites (tertiary alicyclic amines) is 1. The Labute approximate surface area is 161 Å². The van der Waals surface area contributed by atoms with Crippen molar-refractivity contribution in [3.8, 4) is 17.2 Å². The van der Waals surface area contributed by atoms with Gasteiger partial charge in [-0.3, -0.25) is 4.79 Å². The molecule has 0 aromatic heterocycles. The van der Waals surface area contributed by atoms with Gasteiger partial charge >= 0.3 is 5.97 Å². The molecule has 4 rings (SSSR count). The molecule has 0 saturated carbocycles. The predicted molar refractivity (Wildman–Crippen MR) is 98.8 cm³/mol. The second kappa shape index (κ2) is 6.51. The number of rotatable bonds is 4. The van der Waals surface area contributed by atoms with E-state index in [2.05, 4.69) is 0 Å². The van der Waals surface area contributed by atoms with Gasteiger partial charge in [-0.1, -0.05) is 0 Å². The van der Waals surface area contributed by atoms with E-state index in [-0.39, 0.29) is 28.5 Å². The fourth-order valence-corrected chi connectivity index (χ4v) is 3.42. The lowest BCUT2D eigenvalue weighted by Crippen LogP contribution is -2.42. The van der Waals surface area contributed by atoms with Crippen LogP contribution in [0.3, 0.4) is 0 Å². The van der Waals surface area contributed by atoms with Crippen molar-refractivity contribution in [3.05, 3.63) is 52.8 Å². The van der Waals surface area contributed by atoms with Crippen LogP contribution in [0.4, 0.5) is 4.39 Å². The molecule has 2 heterocycles. The van der Waals surface area contributed by atoms with Crippen molar-refractivity contribution in [2.75, 3.05) is 13.1 Å². The Morgan fingerprint density at radius 3 is 2.57 bits per heavy atom. The molecule has 1 fully saturated rings. The van der Waals surface area contributed by atoms with Crippen molar-refractivity contribution in [1.29, 1.82) is 0 Å². The molecule has 2 aliphatic heterocycles. The van der Waals surface area contributed by atoms with Gasteiger partial charge in [0.2, 0.25) is 0 Å². The van der Waals surface area contributed by atoms with Crippen LogP contribution >= 0.6 is 0 Å². The van der Waals surface area contributed by atoms with E-state index in [1.165, 1.54) is 24.3 Å². The minimum absolute atomic E-state index is 0.00141. The number of hydrogen-bond acceptors (Lipinski definition) is 4. The van der Waals surface area contributed by atoms with Gasteiger partial charge in [-0.15, -0.1) is 0 Å². The zero-order chi connectivity index (χ0) is 20.1.